The zero-order valence-corrected chi connectivity index (χ0v) is 10.5. The molecule has 0 bridgehead atoms. The Morgan fingerprint density at radius 1 is 1.29 bits per heavy atom. The van der Waals surface area contributed by atoms with Gasteiger partial charge in [0.25, 0.3) is 0 Å². The maximum absolute atomic E-state index is 6.18. The molecule has 2 unspecified atom stereocenters. The largest absolute Gasteiger partial charge is 0.396 e. The maximum atomic E-state index is 6.18. The van der Waals surface area contributed by atoms with Crippen LogP contribution >= 0.6 is 0 Å². The van der Waals surface area contributed by atoms with Gasteiger partial charge in [0.1, 0.15) is 0 Å². The van der Waals surface area contributed by atoms with Crippen LogP contribution in [0.25, 0.3) is 0 Å². The van der Waals surface area contributed by atoms with Gasteiger partial charge in [-0.05, 0) is 43.7 Å². The molecule has 3 heteroatoms. The fourth-order valence-corrected chi connectivity index (χ4v) is 3.45. The minimum atomic E-state index is 0.695. The van der Waals surface area contributed by atoms with Gasteiger partial charge in [-0.2, -0.15) is 0 Å². The van der Waals surface area contributed by atoms with E-state index in [1.54, 1.807) is 0 Å². The van der Waals surface area contributed by atoms with Crippen LogP contribution in [0, 0.1) is 12.8 Å². The number of aryl methyl sites for hydroxylation is 1. The molecule has 17 heavy (non-hydrogen) atoms. The summed E-state index contributed by atoms with van der Waals surface area (Å²) in [4.78, 5) is 6.98. The van der Waals surface area contributed by atoms with E-state index in [-0.39, 0.29) is 0 Å². The van der Waals surface area contributed by atoms with Crippen LogP contribution in [0.4, 0.5) is 11.5 Å². The van der Waals surface area contributed by atoms with E-state index in [9.17, 15) is 0 Å². The number of nitrogens with two attached hydrogens (primary N) is 1. The summed E-state index contributed by atoms with van der Waals surface area (Å²) in [6, 6.07) is 2.69. The van der Waals surface area contributed by atoms with Gasteiger partial charge in [-0.3, -0.25) is 0 Å². The van der Waals surface area contributed by atoms with Crippen molar-refractivity contribution in [2.24, 2.45) is 5.92 Å². The van der Waals surface area contributed by atoms with E-state index in [0.717, 1.165) is 29.5 Å². The Labute approximate surface area is 103 Å². The monoisotopic (exact) mass is 231 g/mol. The molecule has 1 aromatic rings. The summed E-state index contributed by atoms with van der Waals surface area (Å²) in [6.45, 7) is 3.20. The van der Waals surface area contributed by atoms with Crippen LogP contribution in [0.1, 0.15) is 37.7 Å². The van der Waals surface area contributed by atoms with Gasteiger partial charge in [0.15, 0.2) is 5.82 Å². The van der Waals surface area contributed by atoms with Gasteiger partial charge in [-0.1, -0.05) is 12.8 Å². The van der Waals surface area contributed by atoms with Crippen molar-refractivity contribution in [3.63, 3.8) is 0 Å². The highest BCUT2D eigenvalue weighted by Crippen LogP contribution is 2.40. The van der Waals surface area contributed by atoms with Crippen LogP contribution < -0.4 is 10.6 Å². The van der Waals surface area contributed by atoms with E-state index in [1.807, 2.05) is 12.3 Å². The number of aromatic nitrogens is 1. The Bertz CT molecular complexity index is 416. The second kappa shape index (κ2) is 4.21. The summed E-state index contributed by atoms with van der Waals surface area (Å²) in [5, 5.41) is 0. The fourth-order valence-electron chi connectivity index (χ4n) is 3.45. The first-order valence-electron chi connectivity index (χ1n) is 6.75. The second-order valence-electron chi connectivity index (χ2n) is 5.46. The first kappa shape index (κ1) is 10.9. The molecule has 2 fully saturated rings. The number of hydrogen-bond acceptors (Lipinski definition) is 3. The van der Waals surface area contributed by atoms with E-state index < -0.39 is 0 Å². The summed E-state index contributed by atoms with van der Waals surface area (Å²) in [6.07, 6.45) is 8.69. The van der Waals surface area contributed by atoms with Crippen molar-refractivity contribution in [3.8, 4) is 0 Å². The fraction of sp³-hybridized carbons (Fsp3) is 0.643. The van der Waals surface area contributed by atoms with E-state index in [1.165, 1.54) is 32.1 Å². The topological polar surface area (TPSA) is 42.2 Å². The number of pyridine rings is 1. The minimum Gasteiger partial charge on any atom is -0.396 e. The summed E-state index contributed by atoms with van der Waals surface area (Å²) in [5.41, 5.74) is 8.20. The first-order valence-corrected chi connectivity index (χ1v) is 6.75. The lowest BCUT2D eigenvalue weighted by atomic mass is 9.85. The van der Waals surface area contributed by atoms with Gasteiger partial charge in [-0.15, -0.1) is 0 Å². The van der Waals surface area contributed by atoms with Crippen LogP contribution in [-0.2, 0) is 0 Å². The van der Waals surface area contributed by atoms with Crippen LogP contribution in [0.5, 0.6) is 0 Å². The second-order valence-corrected chi connectivity index (χ2v) is 5.46. The van der Waals surface area contributed by atoms with Crippen molar-refractivity contribution in [2.45, 2.75) is 45.1 Å². The van der Waals surface area contributed by atoms with E-state index >= 15 is 0 Å². The molecule has 2 aliphatic rings. The van der Waals surface area contributed by atoms with Crippen LogP contribution in [0.15, 0.2) is 12.3 Å². The standard InChI is InChI=1S/C14H21N3/c1-10-6-8-16-14(13(10)15)17-9-7-11-4-2-3-5-12(11)17/h6,8,11-12H,2-5,7,9,15H2,1H3. The smallest absolute Gasteiger partial charge is 0.152 e. The first-order chi connectivity index (χ1) is 8.27. The summed E-state index contributed by atoms with van der Waals surface area (Å²) in [5.74, 6) is 1.91. The highest BCUT2D eigenvalue weighted by molar-refractivity contribution is 5.67. The molecule has 0 aromatic carbocycles. The third-order valence-corrected chi connectivity index (χ3v) is 4.47. The molecule has 2 atom stereocenters. The average Bonchev–Trinajstić information content (AvgIpc) is 2.77. The maximum Gasteiger partial charge on any atom is 0.152 e. The predicted octanol–water partition coefficient (Wildman–Crippen LogP) is 2.74. The van der Waals surface area contributed by atoms with Crippen LogP contribution in [0.3, 0.4) is 0 Å². The van der Waals surface area contributed by atoms with Gasteiger partial charge in [0, 0.05) is 18.8 Å². The lowest BCUT2D eigenvalue weighted by molar-refractivity contribution is 0.341. The van der Waals surface area contributed by atoms with Crippen molar-refractivity contribution in [2.75, 3.05) is 17.2 Å². The number of nitrogens with zero attached hydrogens (tertiary/aromatic N) is 2. The van der Waals surface area contributed by atoms with Crippen molar-refractivity contribution in [1.82, 2.24) is 4.98 Å². The van der Waals surface area contributed by atoms with Gasteiger partial charge >= 0.3 is 0 Å². The average molecular weight is 231 g/mol. The lowest BCUT2D eigenvalue weighted by Gasteiger charge is -2.33. The number of anilines is 2. The quantitative estimate of drug-likeness (QED) is 0.808. The molecule has 0 spiro atoms. The molecule has 2 heterocycles. The van der Waals surface area contributed by atoms with Gasteiger partial charge < -0.3 is 10.6 Å². The van der Waals surface area contributed by atoms with Gasteiger partial charge in [0.05, 0.1) is 5.69 Å². The molecule has 1 aliphatic heterocycles. The Balaban J connectivity index is 1.91. The van der Waals surface area contributed by atoms with Crippen molar-refractivity contribution >= 4 is 11.5 Å². The van der Waals surface area contributed by atoms with E-state index in [0.29, 0.717) is 6.04 Å². The molecule has 0 radical (unpaired) electrons. The van der Waals surface area contributed by atoms with E-state index in [2.05, 4.69) is 16.8 Å². The molecule has 1 aromatic heterocycles. The Morgan fingerprint density at radius 2 is 2.12 bits per heavy atom. The molecule has 0 amide bonds. The normalized spacial score (nSPS) is 28.2. The summed E-state index contributed by atoms with van der Waals surface area (Å²) in [7, 11) is 0. The minimum absolute atomic E-state index is 0.695. The number of hydrogen-bond donors (Lipinski definition) is 1. The van der Waals surface area contributed by atoms with Crippen LogP contribution in [-0.4, -0.2) is 17.6 Å². The molecule has 1 aliphatic carbocycles. The SMILES string of the molecule is Cc1ccnc(N2CCC3CCCCC32)c1N. The highest BCUT2D eigenvalue weighted by Gasteiger charge is 2.36. The molecule has 1 saturated heterocycles. The predicted molar refractivity (Wildman–Crippen MR) is 71.1 cm³/mol. The molecule has 3 nitrogen and oxygen atoms in total. The third-order valence-electron chi connectivity index (χ3n) is 4.47. The zero-order valence-electron chi connectivity index (χ0n) is 10.5. The van der Waals surface area contributed by atoms with Crippen molar-refractivity contribution in [1.29, 1.82) is 0 Å². The van der Waals surface area contributed by atoms with Crippen LogP contribution in [0.2, 0.25) is 0 Å². The van der Waals surface area contributed by atoms with Crippen molar-refractivity contribution in [3.05, 3.63) is 17.8 Å². The van der Waals surface area contributed by atoms with Gasteiger partial charge in [-0.25, -0.2) is 4.98 Å². The van der Waals surface area contributed by atoms with Gasteiger partial charge in [0.2, 0.25) is 0 Å². The highest BCUT2D eigenvalue weighted by atomic mass is 15.2. The van der Waals surface area contributed by atoms with E-state index in [4.69, 9.17) is 5.73 Å². The number of rotatable bonds is 1. The number of fused-ring (bicyclic) bond motifs is 1. The summed E-state index contributed by atoms with van der Waals surface area (Å²) < 4.78 is 0. The Hall–Kier alpha value is -1.25. The Morgan fingerprint density at radius 3 is 3.00 bits per heavy atom. The molecular formula is C14H21N3. The molecule has 1 saturated carbocycles. The molecule has 2 N–H and O–H groups in total. The molecule has 92 valence electrons. The zero-order chi connectivity index (χ0) is 11.8. The molecule has 3 rings (SSSR count). The third kappa shape index (κ3) is 1.78. The Kier molecular flexibility index (Phi) is 2.69. The summed E-state index contributed by atoms with van der Waals surface area (Å²) >= 11 is 0. The number of nitrogen functional groups attached to an aromatic ring is 1. The molecular weight excluding hydrogens is 210 g/mol. The lowest BCUT2D eigenvalue weighted by Crippen LogP contribution is -2.35. The van der Waals surface area contributed by atoms with Crippen molar-refractivity contribution < 1.29 is 0 Å².